The van der Waals surface area contributed by atoms with Crippen LogP contribution in [0.1, 0.15) is 29.8 Å². The van der Waals surface area contributed by atoms with Gasteiger partial charge in [-0.3, -0.25) is 10.1 Å². The van der Waals surface area contributed by atoms with Crippen molar-refractivity contribution in [3.63, 3.8) is 0 Å². The van der Waals surface area contributed by atoms with Gasteiger partial charge in [0.1, 0.15) is 6.04 Å². The number of aromatic nitrogens is 2. The van der Waals surface area contributed by atoms with Gasteiger partial charge in [0.15, 0.2) is 0 Å². The molecule has 1 aromatic heterocycles. The van der Waals surface area contributed by atoms with Crippen LogP contribution in [-0.2, 0) is 24.2 Å². The van der Waals surface area contributed by atoms with E-state index in [-0.39, 0.29) is 11.3 Å². The molecule has 0 saturated heterocycles. The number of carboxylic acids is 1. The van der Waals surface area contributed by atoms with Crippen molar-refractivity contribution in [2.45, 2.75) is 43.6 Å². The third-order valence-corrected chi connectivity index (χ3v) is 5.87. The Morgan fingerprint density at radius 3 is 2.53 bits per heavy atom. The minimum absolute atomic E-state index is 0.0323. The smallest absolute Gasteiger partial charge is 0.321 e. The van der Waals surface area contributed by atoms with Crippen LogP contribution < -0.4 is 5.32 Å². The van der Waals surface area contributed by atoms with Crippen molar-refractivity contribution in [1.82, 2.24) is 14.9 Å². The Morgan fingerprint density at radius 1 is 1.17 bits per heavy atom. The van der Waals surface area contributed by atoms with Crippen LogP contribution in [0, 0.1) is 0 Å². The van der Waals surface area contributed by atoms with Crippen LogP contribution in [0.5, 0.6) is 0 Å². The van der Waals surface area contributed by atoms with Crippen LogP contribution in [0.25, 0.3) is 0 Å². The van der Waals surface area contributed by atoms with Crippen molar-refractivity contribution in [2.24, 2.45) is 0 Å². The lowest BCUT2D eigenvalue weighted by molar-refractivity contribution is -0.139. The number of carboxylic acid groups (broad SMARTS) is 1. The molecule has 7 heteroatoms. The topological polar surface area (TPSA) is 67.2 Å². The number of nitrogens with zero attached hydrogens (tertiary/aromatic N) is 2. The summed E-state index contributed by atoms with van der Waals surface area (Å²) in [7, 11) is 0. The monoisotopic (exact) mass is 443 g/mol. The Bertz CT molecular complexity index is 962. The molecule has 3 aromatic rings. The quantitative estimate of drug-likeness (QED) is 0.406. The van der Waals surface area contributed by atoms with E-state index in [0.29, 0.717) is 19.4 Å². The van der Waals surface area contributed by atoms with E-state index in [4.69, 9.17) is 24.2 Å². The first kappa shape index (κ1) is 22.4. The molecule has 0 aliphatic rings. The number of rotatable bonds is 10. The molecule has 0 saturated carbocycles. The Kier molecular flexibility index (Phi) is 7.96. The summed E-state index contributed by atoms with van der Waals surface area (Å²) in [6.45, 7) is 2.43. The first-order valence-corrected chi connectivity index (χ1v) is 10.8. The predicted molar refractivity (Wildman–Crippen MR) is 123 cm³/mol. The highest BCUT2D eigenvalue weighted by molar-refractivity contribution is 7.80. The van der Waals surface area contributed by atoms with Crippen molar-refractivity contribution in [3.05, 3.63) is 89.0 Å². The number of carbonyl (C=O) groups is 1. The van der Waals surface area contributed by atoms with E-state index in [1.54, 1.807) is 12.5 Å². The Hall–Kier alpha value is -2.28. The molecule has 2 aromatic carbocycles. The van der Waals surface area contributed by atoms with Crippen molar-refractivity contribution in [1.29, 1.82) is 0 Å². The number of benzene rings is 2. The molecule has 0 amide bonds. The van der Waals surface area contributed by atoms with Gasteiger partial charge in [-0.2, -0.15) is 12.6 Å². The summed E-state index contributed by atoms with van der Waals surface area (Å²) in [6, 6.07) is 16.7. The molecule has 5 nitrogen and oxygen atoms in total. The maximum absolute atomic E-state index is 11.8. The van der Waals surface area contributed by atoms with Gasteiger partial charge in [0.05, 0.1) is 18.1 Å². The fourth-order valence-electron chi connectivity index (χ4n) is 3.48. The fourth-order valence-corrected chi connectivity index (χ4v) is 3.94. The number of thiol groups is 1. The minimum atomic E-state index is -0.875. The lowest BCUT2D eigenvalue weighted by Gasteiger charge is -2.25. The van der Waals surface area contributed by atoms with E-state index in [1.807, 2.05) is 61.5 Å². The van der Waals surface area contributed by atoms with Gasteiger partial charge in [-0.05, 0) is 30.0 Å². The minimum Gasteiger partial charge on any atom is -0.480 e. The normalized spacial score (nSPS) is 14.2. The van der Waals surface area contributed by atoms with E-state index in [0.717, 1.165) is 21.8 Å². The van der Waals surface area contributed by atoms with E-state index in [1.165, 1.54) is 0 Å². The second kappa shape index (κ2) is 10.7. The Labute approximate surface area is 187 Å². The number of imidazole rings is 1. The zero-order chi connectivity index (χ0) is 21.5. The number of nitrogens with one attached hydrogen (secondary N) is 1. The first-order chi connectivity index (χ1) is 14.5. The predicted octanol–water partition coefficient (Wildman–Crippen LogP) is 4.42. The van der Waals surface area contributed by atoms with Gasteiger partial charge in [-0.1, -0.05) is 67.1 Å². The molecule has 0 fully saturated rings. The molecule has 0 aliphatic carbocycles. The average molecular weight is 444 g/mol. The Morgan fingerprint density at radius 2 is 1.87 bits per heavy atom. The van der Waals surface area contributed by atoms with E-state index < -0.39 is 12.0 Å². The third kappa shape index (κ3) is 5.88. The van der Waals surface area contributed by atoms with Crippen LogP contribution in [0.4, 0.5) is 0 Å². The molecule has 30 heavy (non-hydrogen) atoms. The summed E-state index contributed by atoms with van der Waals surface area (Å²) in [6.07, 6.45) is 4.67. The average Bonchev–Trinajstić information content (AvgIpc) is 3.19. The largest absolute Gasteiger partial charge is 0.480 e. The van der Waals surface area contributed by atoms with Crippen LogP contribution in [0.3, 0.4) is 0 Å². The second-order valence-corrected chi connectivity index (χ2v) is 8.58. The molecule has 3 atom stereocenters. The number of hydrogen-bond donors (Lipinski definition) is 3. The van der Waals surface area contributed by atoms with Crippen LogP contribution in [0.15, 0.2) is 67.1 Å². The summed E-state index contributed by atoms with van der Waals surface area (Å²) in [5, 5.41) is 13.6. The highest BCUT2D eigenvalue weighted by atomic mass is 35.5. The van der Waals surface area contributed by atoms with Gasteiger partial charge < -0.3 is 9.67 Å². The molecule has 1 heterocycles. The van der Waals surface area contributed by atoms with Gasteiger partial charge in [-0.15, -0.1) is 0 Å². The van der Waals surface area contributed by atoms with Crippen molar-refractivity contribution in [3.8, 4) is 0 Å². The molecular formula is C23H26ClN3O2S. The second-order valence-electron chi connectivity index (χ2n) is 7.36. The molecule has 3 unspecified atom stereocenters. The molecule has 0 spiro atoms. The molecule has 0 bridgehead atoms. The fraction of sp³-hybridized carbons (Fsp3) is 0.304. The number of halogens is 1. The number of hydrogen-bond acceptors (Lipinski definition) is 4. The number of aliphatic carboxylic acids is 1. The van der Waals surface area contributed by atoms with E-state index >= 15 is 0 Å². The lowest BCUT2D eigenvalue weighted by atomic mass is 10.0. The van der Waals surface area contributed by atoms with Gasteiger partial charge in [0.25, 0.3) is 0 Å². The van der Waals surface area contributed by atoms with Crippen molar-refractivity contribution >= 4 is 30.2 Å². The summed E-state index contributed by atoms with van der Waals surface area (Å²) in [5.41, 5.74) is 2.93. The van der Waals surface area contributed by atoms with Gasteiger partial charge in [0, 0.05) is 23.0 Å². The summed E-state index contributed by atoms with van der Waals surface area (Å²) < 4.78 is 2.06. The summed E-state index contributed by atoms with van der Waals surface area (Å²) >= 11 is 11.1. The highest BCUT2D eigenvalue weighted by Gasteiger charge is 2.22. The van der Waals surface area contributed by atoms with Crippen LogP contribution >= 0.6 is 24.2 Å². The van der Waals surface area contributed by atoms with Crippen molar-refractivity contribution in [2.75, 3.05) is 0 Å². The third-order valence-electron chi connectivity index (χ3n) is 5.16. The molecule has 2 N–H and O–H groups in total. The summed E-state index contributed by atoms with van der Waals surface area (Å²) in [5.74, 6) is -0.875. The van der Waals surface area contributed by atoms with E-state index in [2.05, 4.69) is 14.9 Å². The zero-order valence-corrected chi connectivity index (χ0v) is 18.4. The first-order valence-electron chi connectivity index (χ1n) is 9.88. The summed E-state index contributed by atoms with van der Waals surface area (Å²) in [4.78, 5) is 16.1. The van der Waals surface area contributed by atoms with Gasteiger partial charge in [-0.25, -0.2) is 4.98 Å². The molecule has 0 radical (unpaired) electrons. The molecule has 3 rings (SSSR count). The van der Waals surface area contributed by atoms with Crippen molar-refractivity contribution < 1.29 is 9.90 Å². The maximum atomic E-state index is 11.8. The SMILES string of the molecule is CC(S)C(Cc1ccccc1Cl)n1cncc1CNC(Cc1ccccc1)C(=O)O. The standard InChI is InChI=1S/C23H26ClN3O2S/c1-16(30)22(12-18-9-5-6-10-20(18)24)27-15-25-13-19(27)14-26-21(23(28)29)11-17-7-3-2-4-8-17/h2-10,13,15-16,21-22,26,30H,11-12,14H2,1H3,(H,28,29). The van der Waals surface area contributed by atoms with Gasteiger partial charge >= 0.3 is 5.97 Å². The van der Waals surface area contributed by atoms with Gasteiger partial charge in [0.2, 0.25) is 0 Å². The highest BCUT2D eigenvalue weighted by Crippen LogP contribution is 2.27. The molecular weight excluding hydrogens is 418 g/mol. The zero-order valence-electron chi connectivity index (χ0n) is 16.8. The van der Waals surface area contributed by atoms with Crippen LogP contribution in [0.2, 0.25) is 5.02 Å². The Balaban J connectivity index is 1.74. The van der Waals surface area contributed by atoms with Crippen LogP contribution in [-0.4, -0.2) is 31.9 Å². The maximum Gasteiger partial charge on any atom is 0.321 e. The molecule has 0 aliphatic heterocycles. The molecule has 158 valence electrons. The van der Waals surface area contributed by atoms with E-state index in [9.17, 15) is 9.90 Å². The lowest BCUT2D eigenvalue weighted by Crippen LogP contribution is -2.38.